The molecule has 1 atom stereocenters. The monoisotopic (exact) mass is 503 g/mol. The molecule has 5 rings (SSSR count). The standard InChI is InChI=1S/C25H29F4N7/c1-13(2)19-20-18(33-22(19)17-10-36-23(31-12-32-36)16(5)15(17)4)8-30-24(21(20)26)35-7-6-34(9-14(35)3)11-25(27,28)29/h8,10,12-14,33H,6-7,9,11H2,1-5H3. The van der Waals surface area contributed by atoms with Gasteiger partial charge < -0.3 is 9.88 Å². The number of nitrogens with zero attached hydrogens (tertiary/aromatic N) is 6. The van der Waals surface area contributed by atoms with Gasteiger partial charge in [0.15, 0.2) is 17.3 Å². The summed E-state index contributed by atoms with van der Waals surface area (Å²) < 4.78 is 56.5. The molecule has 11 heteroatoms. The average Bonchev–Trinajstić information content (AvgIpc) is 3.41. The molecule has 1 aliphatic rings. The first kappa shape index (κ1) is 24.5. The number of halogens is 4. The second-order valence-electron chi connectivity index (χ2n) is 9.97. The lowest BCUT2D eigenvalue weighted by Gasteiger charge is -2.40. The number of fused-ring (bicyclic) bond motifs is 2. The number of hydrogen-bond donors (Lipinski definition) is 1. The number of hydrogen-bond acceptors (Lipinski definition) is 5. The zero-order chi connectivity index (χ0) is 25.9. The van der Waals surface area contributed by atoms with Gasteiger partial charge in [-0.1, -0.05) is 13.8 Å². The minimum Gasteiger partial charge on any atom is -0.353 e. The molecule has 4 aromatic heterocycles. The van der Waals surface area contributed by atoms with Crippen LogP contribution in [0.5, 0.6) is 0 Å². The maximum Gasteiger partial charge on any atom is 0.401 e. The summed E-state index contributed by atoms with van der Waals surface area (Å²) in [6, 6.07) is -0.318. The third-order valence-corrected chi connectivity index (χ3v) is 7.16. The number of anilines is 1. The Bertz CT molecular complexity index is 1440. The smallest absolute Gasteiger partial charge is 0.353 e. The van der Waals surface area contributed by atoms with Gasteiger partial charge >= 0.3 is 6.18 Å². The van der Waals surface area contributed by atoms with Crippen LogP contribution in [-0.2, 0) is 0 Å². The summed E-state index contributed by atoms with van der Waals surface area (Å²) in [7, 11) is 0. The Morgan fingerprint density at radius 2 is 1.89 bits per heavy atom. The van der Waals surface area contributed by atoms with Crippen molar-refractivity contribution in [2.24, 2.45) is 0 Å². The van der Waals surface area contributed by atoms with E-state index in [4.69, 9.17) is 0 Å². The summed E-state index contributed by atoms with van der Waals surface area (Å²) in [6.07, 6.45) is 0.763. The fourth-order valence-electron chi connectivity index (χ4n) is 5.35. The van der Waals surface area contributed by atoms with Gasteiger partial charge in [0.1, 0.15) is 6.33 Å². The molecule has 4 aromatic rings. The molecule has 1 unspecified atom stereocenters. The predicted octanol–water partition coefficient (Wildman–Crippen LogP) is 5.22. The van der Waals surface area contributed by atoms with Gasteiger partial charge in [-0.05, 0) is 43.4 Å². The molecule has 0 spiro atoms. The first-order chi connectivity index (χ1) is 17.0. The van der Waals surface area contributed by atoms with Crippen LogP contribution in [0.3, 0.4) is 0 Å². The molecular weight excluding hydrogens is 474 g/mol. The van der Waals surface area contributed by atoms with Crippen molar-refractivity contribution in [3.05, 3.63) is 41.2 Å². The fourth-order valence-corrected chi connectivity index (χ4v) is 5.35. The van der Waals surface area contributed by atoms with E-state index in [0.717, 1.165) is 33.6 Å². The van der Waals surface area contributed by atoms with E-state index >= 15 is 4.39 Å². The van der Waals surface area contributed by atoms with Crippen molar-refractivity contribution in [2.75, 3.05) is 31.1 Å². The van der Waals surface area contributed by atoms with Gasteiger partial charge in [-0.25, -0.2) is 18.9 Å². The summed E-state index contributed by atoms with van der Waals surface area (Å²) in [5.41, 5.74) is 5.90. The number of aryl methyl sites for hydroxylation is 1. The normalized spacial score (nSPS) is 17.7. The molecule has 0 amide bonds. The molecule has 0 bridgehead atoms. The quantitative estimate of drug-likeness (QED) is 0.387. The number of H-pyrrole nitrogens is 1. The molecule has 0 saturated carbocycles. The third kappa shape index (κ3) is 4.08. The van der Waals surface area contributed by atoms with E-state index < -0.39 is 18.5 Å². The van der Waals surface area contributed by atoms with Crippen LogP contribution in [0.4, 0.5) is 23.4 Å². The van der Waals surface area contributed by atoms with Gasteiger partial charge in [-0.15, -0.1) is 0 Å². The lowest BCUT2D eigenvalue weighted by atomic mass is 9.94. The number of piperazine rings is 1. The Hall–Kier alpha value is -3.21. The van der Waals surface area contributed by atoms with E-state index in [2.05, 4.69) is 20.1 Å². The van der Waals surface area contributed by atoms with Crippen LogP contribution in [0.15, 0.2) is 18.7 Å². The molecule has 7 nitrogen and oxygen atoms in total. The molecule has 36 heavy (non-hydrogen) atoms. The highest BCUT2D eigenvalue weighted by atomic mass is 19.4. The van der Waals surface area contributed by atoms with E-state index in [1.54, 1.807) is 22.5 Å². The third-order valence-electron chi connectivity index (χ3n) is 7.16. The van der Waals surface area contributed by atoms with Crippen LogP contribution in [-0.4, -0.2) is 67.9 Å². The van der Waals surface area contributed by atoms with Crippen molar-refractivity contribution < 1.29 is 17.6 Å². The highest BCUT2D eigenvalue weighted by Crippen LogP contribution is 2.40. The lowest BCUT2D eigenvalue weighted by Crippen LogP contribution is -2.54. The van der Waals surface area contributed by atoms with Gasteiger partial charge in [0, 0.05) is 42.8 Å². The molecule has 0 radical (unpaired) electrons. The summed E-state index contributed by atoms with van der Waals surface area (Å²) in [4.78, 5) is 15.3. The molecule has 1 fully saturated rings. The Morgan fingerprint density at radius 3 is 2.56 bits per heavy atom. The van der Waals surface area contributed by atoms with E-state index in [1.165, 1.54) is 11.2 Å². The van der Waals surface area contributed by atoms with Crippen LogP contribution in [0, 0.1) is 19.7 Å². The Morgan fingerprint density at radius 1 is 1.14 bits per heavy atom. The van der Waals surface area contributed by atoms with Gasteiger partial charge in [0.05, 0.1) is 24.0 Å². The number of alkyl halides is 3. The number of aromatic amines is 1. The number of pyridine rings is 2. The molecule has 1 saturated heterocycles. The zero-order valence-corrected chi connectivity index (χ0v) is 20.9. The minimum absolute atomic E-state index is 0.00861. The Balaban J connectivity index is 1.60. The molecular formula is C25H29F4N7. The molecule has 1 aliphatic heterocycles. The first-order valence-electron chi connectivity index (χ1n) is 12.0. The summed E-state index contributed by atoms with van der Waals surface area (Å²) >= 11 is 0. The minimum atomic E-state index is -4.26. The van der Waals surface area contributed by atoms with Crippen LogP contribution < -0.4 is 4.90 Å². The van der Waals surface area contributed by atoms with Gasteiger partial charge in [-0.3, -0.25) is 4.90 Å². The Kier molecular flexibility index (Phi) is 5.93. The molecule has 0 aromatic carbocycles. The van der Waals surface area contributed by atoms with E-state index in [-0.39, 0.29) is 37.4 Å². The summed E-state index contributed by atoms with van der Waals surface area (Å²) in [5.74, 6) is -0.287. The molecule has 5 heterocycles. The highest BCUT2D eigenvalue weighted by Gasteiger charge is 2.35. The number of aromatic nitrogens is 5. The Labute approximate surface area is 206 Å². The summed E-state index contributed by atoms with van der Waals surface area (Å²) in [6.45, 7) is 9.51. The second kappa shape index (κ2) is 8.72. The van der Waals surface area contributed by atoms with Gasteiger partial charge in [0.2, 0.25) is 0 Å². The maximum atomic E-state index is 16.2. The average molecular weight is 504 g/mol. The molecule has 0 aliphatic carbocycles. The van der Waals surface area contributed by atoms with Gasteiger partial charge in [-0.2, -0.15) is 18.3 Å². The van der Waals surface area contributed by atoms with E-state index in [0.29, 0.717) is 10.9 Å². The highest BCUT2D eigenvalue weighted by molar-refractivity contribution is 5.94. The van der Waals surface area contributed by atoms with Crippen molar-refractivity contribution >= 4 is 22.4 Å². The van der Waals surface area contributed by atoms with Crippen molar-refractivity contribution in [3.63, 3.8) is 0 Å². The van der Waals surface area contributed by atoms with Gasteiger partial charge in [0.25, 0.3) is 0 Å². The van der Waals surface area contributed by atoms with E-state index in [9.17, 15) is 13.2 Å². The van der Waals surface area contributed by atoms with Crippen LogP contribution in [0.2, 0.25) is 0 Å². The van der Waals surface area contributed by atoms with Crippen LogP contribution in [0.25, 0.3) is 27.8 Å². The van der Waals surface area contributed by atoms with Crippen LogP contribution in [0.1, 0.15) is 43.4 Å². The molecule has 192 valence electrons. The second-order valence-corrected chi connectivity index (χ2v) is 9.97. The molecule has 1 N–H and O–H groups in total. The maximum absolute atomic E-state index is 16.2. The predicted molar refractivity (Wildman–Crippen MR) is 131 cm³/mol. The van der Waals surface area contributed by atoms with Crippen molar-refractivity contribution in [3.8, 4) is 11.3 Å². The first-order valence-corrected chi connectivity index (χ1v) is 12.0. The van der Waals surface area contributed by atoms with Crippen molar-refractivity contribution in [1.82, 2.24) is 29.5 Å². The SMILES string of the molecule is Cc1c(-c2[nH]c3cnc(N4CCN(CC(F)(F)F)CC4C)c(F)c3c2C(C)C)cn2ncnc2c1C. The number of rotatable bonds is 4. The topological polar surface area (TPSA) is 65.4 Å². The fraction of sp³-hybridized carbons (Fsp3) is 0.480. The number of nitrogens with one attached hydrogen (secondary N) is 1. The lowest BCUT2D eigenvalue weighted by molar-refractivity contribution is -0.147. The van der Waals surface area contributed by atoms with Crippen molar-refractivity contribution in [1.29, 1.82) is 0 Å². The largest absolute Gasteiger partial charge is 0.401 e. The van der Waals surface area contributed by atoms with E-state index in [1.807, 2.05) is 33.9 Å². The zero-order valence-electron chi connectivity index (χ0n) is 20.9. The van der Waals surface area contributed by atoms with Crippen molar-refractivity contribution in [2.45, 2.75) is 52.8 Å². The van der Waals surface area contributed by atoms with Crippen LogP contribution >= 0.6 is 0 Å². The summed E-state index contributed by atoms with van der Waals surface area (Å²) in [5, 5.41) is 4.75.